The lowest BCUT2D eigenvalue weighted by atomic mass is 10.0. The Kier molecular flexibility index (Phi) is 4.94. The quantitative estimate of drug-likeness (QED) is 0.621. The van der Waals surface area contributed by atoms with Crippen LogP contribution in [0.1, 0.15) is 37.0 Å². The van der Waals surface area contributed by atoms with Crippen molar-refractivity contribution in [3.8, 4) is 5.75 Å². The zero-order valence-corrected chi connectivity index (χ0v) is 12.1. The van der Waals surface area contributed by atoms with E-state index in [9.17, 15) is 18.3 Å². The summed E-state index contributed by atoms with van der Waals surface area (Å²) in [4.78, 5) is 11.9. The second-order valence-corrected chi connectivity index (χ2v) is 6.71. The number of ketones is 1. The molecule has 6 heteroatoms. The van der Waals surface area contributed by atoms with Gasteiger partial charge in [-0.2, -0.15) is 0 Å². The van der Waals surface area contributed by atoms with E-state index in [1.807, 2.05) is 13.8 Å². The fourth-order valence-electron chi connectivity index (χ4n) is 1.56. The largest absolute Gasteiger partial charge is 0.506 e. The molecule has 0 aromatic heterocycles. The van der Waals surface area contributed by atoms with Gasteiger partial charge in [0.05, 0.1) is 11.9 Å². The SMILES string of the molecule is CC(C)CCC(=O)c1ccc(O)c(NS(C)(=O)=O)c1. The number of hydrogen-bond donors (Lipinski definition) is 2. The Morgan fingerprint density at radius 1 is 1.37 bits per heavy atom. The average Bonchev–Trinajstić information content (AvgIpc) is 2.27. The van der Waals surface area contributed by atoms with E-state index in [1.54, 1.807) is 0 Å². The Balaban J connectivity index is 2.92. The van der Waals surface area contributed by atoms with Crippen LogP contribution in [0.25, 0.3) is 0 Å². The second-order valence-electron chi connectivity index (χ2n) is 4.96. The molecule has 0 saturated carbocycles. The van der Waals surface area contributed by atoms with Gasteiger partial charge in [0.15, 0.2) is 5.78 Å². The number of hydrogen-bond acceptors (Lipinski definition) is 4. The van der Waals surface area contributed by atoms with Crippen LogP contribution in [0.15, 0.2) is 18.2 Å². The minimum atomic E-state index is -3.49. The number of aromatic hydroxyl groups is 1. The molecule has 0 aliphatic rings. The van der Waals surface area contributed by atoms with Gasteiger partial charge in [0.1, 0.15) is 5.75 Å². The number of rotatable bonds is 6. The second kappa shape index (κ2) is 6.06. The molecule has 1 aromatic rings. The standard InChI is InChI=1S/C13H19NO4S/c1-9(2)4-6-12(15)10-5-7-13(16)11(8-10)14-19(3,17)18/h5,7-9,14,16H,4,6H2,1-3H3. The third-order valence-electron chi connectivity index (χ3n) is 2.56. The molecule has 2 N–H and O–H groups in total. The molecular formula is C13H19NO4S. The van der Waals surface area contributed by atoms with Crippen molar-refractivity contribution in [1.29, 1.82) is 0 Å². The van der Waals surface area contributed by atoms with E-state index >= 15 is 0 Å². The van der Waals surface area contributed by atoms with Crippen LogP contribution in [-0.4, -0.2) is 25.6 Å². The molecule has 1 rings (SSSR count). The van der Waals surface area contributed by atoms with Crippen LogP contribution in [0.2, 0.25) is 0 Å². The fraction of sp³-hybridized carbons (Fsp3) is 0.462. The lowest BCUT2D eigenvalue weighted by Crippen LogP contribution is -2.10. The van der Waals surface area contributed by atoms with Crippen molar-refractivity contribution in [2.45, 2.75) is 26.7 Å². The molecule has 0 unspecified atom stereocenters. The Morgan fingerprint density at radius 3 is 2.53 bits per heavy atom. The Morgan fingerprint density at radius 2 is 2.00 bits per heavy atom. The maximum absolute atomic E-state index is 11.9. The Labute approximate surface area is 113 Å². The molecular weight excluding hydrogens is 266 g/mol. The van der Waals surface area contributed by atoms with Gasteiger partial charge in [0.2, 0.25) is 10.0 Å². The lowest BCUT2D eigenvalue weighted by molar-refractivity contribution is 0.0975. The van der Waals surface area contributed by atoms with E-state index in [4.69, 9.17) is 0 Å². The summed E-state index contributed by atoms with van der Waals surface area (Å²) in [6, 6.07) is 4.17. The molecule has 5 nitrogen and oxygen atoms in total. The topological polar surface area (TPSA) is 83.5 Å². The van der Waals surface area contributed by atoms with E-state index in [1.165, 1.54) is 18.2 Å². The predicted octanol–water partition coefficient (Wildman–Crippen LogP) is 2.38. The highest BCUT2D eigenvalue weighted by Crippen LogP contribution is 2.26. The van der Waals surface area contributed by atoms with Crippen LogP contribution in [-0.2, 0) is 10.0 Å². The van der Waals surface area contributed by atoms with Crippen molar-refractivity contribution in [1.82, 2.24) is 0 Å². The first-order valence-electron chi connectivity index (χ1n) is 6.03. The van der Waals surface area contributed by atoms with Crippen LogP contribution >= 0.6 is 0 Å². The third kappa shape index (κ3) is 5.30. The fourth-order valence-corrected chi connectivity index (χ4v) is 2.12. The average molecular weight is 285 g/mol. The molecule has 0 radical (unpaired) electrons. The van der Waals surface area contributed by atoms with Gasteiger partial charge >= 0.3 is 0 Å². The molecule has 106 valence electrons. The van der Waals surface area contributed by atoms with Gasteiger partial charge in [-0.3, -0.25) is 9.52 Å². The van der Waals surface area contributed by atoms with E-state index in [0.29, 0.717) is 17.9 Å². The number of phenols is 1. The minimum absolute atomic E-state index is 0.0258. The Bertz CT molecular complexity index is 564. The van der Waals surface area contributed by atoms with Crippen LogP contribution in [0, 0.1) is 5.92 Å². The van der Waals surface area contributed by atoms with E-state index < -0.39 is 10.0 Å². The molecule has 0 heterocycles. The third-order valence-corrected chi connectivity index (χ3v) is 3.15. The van der Waals surface area contributed by atoms with Crippen LogP contribution in [0.3, 0.4) is 0 Å². The first-order chi connectivity index (χ1) is 8.69. The molecule has 0 saturated heterocycles. The first kappa shape index (κ1) is 15.5. The predicted molar refractivity (Wildman–Crippen MR) is 75.0 cm³/mol. The zero-order chi connectivity index (χ0) is 14.6. The van der Waals surface area contributed by atoms with Gasteiger partial charge in [-0.1, -0.05) is 13.8 Å². The number of benzene rings is 1. The van der Waals surface area contributed by atoms with Crippen molar-refractivity contribution in [2.75, 3.05) is 11.0 Å². The molecule has 0 amide bonds. The molecule has 0 atom stereocenters. The number of nitrogens with one attached hydrogen (secondary N) is 1. The molecule has 0 spiro atoms. The summed E-state index contributed by atoms with van der Waals surface area (Å²) in [5.74, 6) is 0.158. The van der Waals surface area contributed by atoms with Gasteiger partial charge in [-0.05, 0) is 30.5 Å². The van der Waals surface area contributed by atoms with E-state index in [2.05, 4.69) is 4.72 Å². The highest BCUT2D eigenvalue weighted by Gasteiger charge is 2.12. The van der Waals surface area contributed by atoms with Gasteiger partial charge < -0.3 is 5.11 Å². The molecule has 0 bridgehead atoms. The van der Waals surface area contributed by atoms with Gasteiger partial charge in [0, 0.05) is 12.0 Å². The number of carbonyl (C=O) groups excluding carboxylic acids is 1. The number of sulfonamides is 1. The molecule has 1 aromatic carbocycles. The molecule has 0 aliphatic carbocycles. The first-order valence-corrected chi connectivity index (χ1v) is 7.92. The van der Waals surface area contributed by atoms with Gasteiger partial charge in [-0.15, -0.1) is 0 Å². The smallest absolute Gasteiger partial charge is 0.229 e. The number of anilines is 1. The number of phenolic OH excluding ortho intramolecular Hbond substituents is 1. The van der Waals surface area contributed by atoms with Crippen molar-refractivity contribution >= 4 is 21.5 Å². The summed E-state index contributed by atoms with van der Waals surface area (Å²) in [6.07, 6.45) is 2.16. The molecule has 0 fully saturated rings. The van der Waals surface area contributed by atoms with Crippen molar-refractivity contribution < 1.29 is 18.3 Å². The molecule has 0 aliphatic heterocycles. The zero-order valence-electron chi connectivity index (χ0n) is 11.3. The summed E-state index contributed by atoms with van der Waals surface area (Å²) in [5, 5.41) is 9.56. The number of carbonyl (C=O) groups is 1. The normalized spacial score (nSPS) is 11.6. The highest BCUT2D eigenvalue weighted by atomic mass is 32.2. The van der Waals surface area contributed by atoms with Crippen molar-refractivity contribution in [3.05, 3.63) is 23.8 Å². The van der Waals surface area contributed by atoms with Crippen LogP contribution in [0.5, 0.6) is 5.75 Å². The summed E-state index contributed by atoms with van der Waals surface area (Å²) in [6.45, 7) is 4.06. The van der Waals surface area contributed by atoms with E-state index in [-0.39, 0.29) is 17.2 Å². The maximum atomic E-state index is 11.9. The highest BCUT2D eigenvalue weighted by molar-refractivity contribution is 7.92. The summed E-state index contributed by atoms with van der Waals surface area (Å²) in [5.41, 5.74) is 0.419. The summed E-state index contributed by atoms with van der Waals surface area (Å²) >= 11 is 0. The van der Waals surface area contributed by atoms with Crippen LogP contribution < -0.4 is 4.72 Å². The van der Waals surface area contributed by atoms with Crippen molar-refractivity contribution in [2.24, 2.45) is 5.92 Å². The van der Waals surface area contributed by atoms with E-state index in [0.717, 1.165) is 12.7 Å². The lowest BCUT2D eigenvalue weighted by Gasteiger charge is -2.09. The van der Waals surface area contributed by atoms with Crippen molar-refractivity contribution in [3.63, 3.8) is 0 Å². The maximum Gasteiger partial charge on any atom is 0.229 e. The monoisotopic (exact) mass is 285 g/mol. The van der Waals surface area contributed by atoms with Gasteiger partial charge in [-0.25, -0.2) is 8.42 Å². The number of Topliss-reactive ketones (excluding diaryl/α,β-unsaturated/α-hetero) is 1. The summed E-state index contributed by atoms with van der Waals surface area (Å²) in [7, 11) is -3.49. The minimum Gasteiger partial charge on any atom is -0.506 e. The van der Waals surface area contributed by atoms with Gasteiger partial charge in [0.25, 0.3) is 0 Å². The molecule has 19 heavy (non-hydrogen) atoms. The Hall–Kier alpha value is -1.56. The summed E-state index contributed by atoms with van der Waals surface area (Å²) < 4.78 is 24.5. The van der Waals surface area contributed by atoms with Crippen LogP contribution in [0.4, 0.5) is 5.69 Å².